The summed E-state index contributed by atoms with van der Waals surface area (Å²) in [6.07, 6.45) is -0.136. The molecule has 3 aromatic rings. The third kappa shape index (κ3) is 3.36. The van der Waals surface area contributed by atoms with E-state index in [0.29, 0.717) is 29.4 Å². The summed E-state index contributed by atoms with van der Waals surface area (Å²) in [7, 11) is 0. The molecule has 1 aliphatic rings. The van der Waals surface area contributed by atoms with Crippen molar-refractivity contribution in [3.05, 3.63) is 76.0 Å². The van der Waals surface area contributed by atoms with Gasteiger partial charge < -0.3 is 14.5 Å². The van der Waals surface area contributed by atoms with E-state index < -0.39 is 6.10 Å². The second kappa shape index (κ2) is 7.18. The van der Waals surface area contributed by atoms with E-state index in [1.807, 2.05) is 18.2 Å². The molecule has 27 heavy (non-hydrogen) atoms. The first-order valence-corrected chi connectivity index (χ1v) is 9.22. The van der Waals surface area contributed by atoms with Gasteiger partial charge in [0, 0.05) is 23.7 Å². The molecule has 0 aliphatic carbocycles. The van der Waals surface area contributed by atoms with Gasteiger partial charge in [0.05, 0.1) is 0 Å². The summed E-state index contributed by atoms with van der Waals surface area (Å²) in [6, 6.07) is 15.2. The largest absolute Gasteiger partial charge is 0.385 e. The Morgan fingerprint density at radius 3 is 2.59 bits per heavy atom. The molecule has 5 nitrogen and oxygen atoms in total. The van der Waals surface area contributed by atoms with Gasteiger partial charge in [-0.25, -0.2) is 0 Å². The molecular formula is C21H19ClN2O3. The lowest BCUT2D eigenvalue weighted by Gasteiger charge is -2.29. The Balaban J connectivity index is 1.73. The molecule has 0 bridgehead atoms. The highest BCUT2D eigenvalue weighted by Crippen LogP contribution is 2.32. The van der Waals surface area contributed by atoms with Gasteiger partial charge in [0.2, 0.25) is 0 Å². The lowest BCUT2D eigenvalue weighted by Crippen LogP contribution is -2.36. The minimum absolute atomic E-state index is 0.184. The van der Waals surface area contributed by atoms with E-state index in [0.717, 1.165) is 17.5 Å². The highest BCUT2D eigenvalue weighted by Gasteiger charge is 2.31. The fourth-order valence-electron chi connectivity index (χ4n) is 3.43. The second-order valence-corrected chi connectivity index (χ2v) is 7.14. The summed E-state index contributed by atoms with van der Waals surface area (Å²) < 4.78 is 5.34. The molecule has 0 saturated carbocycles. The average Bonchev–Trinajstić information content (AvgIpc) is 3.13. The van der Waals surface area contributed by atoms with E-state index in [-0.39, 0.29) is 11.7 Å². The third-order valence-electron chi connectivity index (χ3n) is 4.85. The van der Waals surface area contributed by atoms with E-state index in [4.69, 9.17) is 16.1 Å². The van der Waals surface area contributed by atoms with Crippen LogP contribution in [0.2, 0.25) is 5.02 Å². The van der Waals surface area contributed by atoms with Gasteiger partial charge >= 0.3 is 0 Å². The van der Waals surface area contributed by atoms with Crippen molar-refractivity contribution in [1.82, 2.24) is 10.1 Å². The molecule has 1 unspecified atom stereocenters. The van der Waals surface area contributed by atoms with Crippen molar-refractivity contribution in [1.29, 1.82) is 0 Å². The van der Waals surface area contributed by atoms with Gasteiger partial charge in [-0.3, -0.25) is 4.79 Å². The van der Waals surface area contributed by atoms with Gasteiger partial charge in [-0.2, -0.15) is 0 Å². The topological polar surface area (TPSA) is 66.6 Å². The molecule has 6 heteroatoms. The number of nitrogens with zero attached hydrogens (tertiary/aromatic N) is 2. The molecule has 1 aromatic heterocycles. The number of hydrogen-bond acceptors (Lipinski definition) is 4. The van der Waals surface area contributed by atoms with Crippen molar-refractivity contribution < 1.29 is 14.4 Å². The molecule has 0 spiro atoms. The van der Waals surface area contributed by atoms with E-state index in [1.54, 1.807) is 36.1 Å². The second-order valence-electron chi connectivity index (χ2n) is 6.70. The highest BCUT2D eigenvalue weighted by atomic mass is 35.5. The number of hydrogen-bond donors (Lipinski definition) is 1. The monoisotopic (exact) mass is 382 g/mol. The number of carbonyl (C=O) groups excluding carboxylic acids is 1. The van der Waals surface area contributed by atoms with E-state index in [1.165, 1.54) is 5.56 Å². The maximum absolute atomic E-state index is 13.3. The molecule has 0 fully saturated rings. The van der Waals surface area contributed by atoms with Gasteiger partial charge in [0.15, 0.2) is 5.76 Å². The van der Waals surface area contributed by atoms with Crippen LogP contribution in [0, 0.1) is 0 Å². The number of benzene rings is 2. The van der Waals surface area contributed by atoms with Gasteiger partial charge in [-0.15, -0.1) is 0 Å². The molecular weight excluding hydrogens is 364 g/mol. The number of aliphatic hydroxyl groups excluding tert-OH is 1. The summed E-state index contributed by atoms with van der Waals surface area (Å²) >= 11 is 5.97. The quantitative estimate of drug-likeness (QED) is 0.735. The Bertz CT molecular complexity index is 979. The third-order valence-corrected chi connectivity index (χ3v) is 5.10. The Kier molecular flexibility index (Phi) is 4.72. The van der Waals surface area contributed by atoms with Crippen LogP contribution in [-0.4, -0.2) is 27.6 Å². The number of amides is 1. The number of fused-ring (bicyclic) bond motifs is 1. The predicted octanol–water partition coefficient (Wildman–Crippen LogP) is 4.25. The fraction of sp³-hybridized carbons (Fsp3) is 0.238. The predicted molar refractivity (Wildman–Crippen MR) is 102 cm³/mol. The van der Waals surface area contributed by atoms with Gasteiger partial charge in [-0.1, -0.05) is 53.2 Å². The summed E-state index contributed by atoms with van der Waals surface area (Å²) in [5, 5.41) is 14.8. The molecule has 2 aromatic carbocycles. The minimum Gasteiger partial charge on any atom is -0.385 e. The first-order valence-electron chi connectivity index (χ1n) is 8.84. The van der Waals surface area contributed by atoms with Crippen LogP contribution in [0.5, 0.6) is 0 Å². The molecule has 1 atom stereocenters. The summed E-state index contributed by atoms with van der Waals surface area (Å²) in [4.78, 5) is 15.1. The van der Waals surface area contributed by atoms with Crippen LogP contribution in [0.1, 0.15) is 40.3 Å². The molecule has 0 saturated heterocycles. The number of rotatable bonds is 3. The summed E-state index contributed by atoms with van der Waals surface area (Å²) in [5.41, 5.74) is 3.86. The van der Waals surface area contributed by atoms with E-state index in [2.05, 4.69) is 11.2 Å². The average molecular weight is 383 g/mol. The van der Waals surface area contributed by atoms with Gasteiger partial charge in [0.1, 0.15) is 17.4 Å². The van der Waals surface area contributed by atoms with Crippen LogP contribution in [-0.2, 0) is 13.0 Å². The lowest BCUT2D eigenvalue weighted by molar-refractivity contribution is 0.0723. The Labute approximate surface area is 162 Å². The first kappa shape index (κ1) is 17.8. The van der Waals surface area contributed by atoms with E-state index in [9.17, 15) is 9.90 Å². The Morgan fingerprint density at radius 2 is 1.89 bits per heavy atom. The van der Waals surface area contributed by atoms with Crippen LogP contribution >= 0.6 is 11.6 Å². The van der Waals surface area contributed by atoms with Crippen molar-refractivity contribution in [3.8, 4) is 11.3 Å². The zero-order valence-electron chi connectivity index (χ0n) is 14.9. The number of halogens is 1. The first-order chi connectivity index (χ1) is 13.0. The summed E-state index contributed by atoms with van der Waals surface area (Å²) in [5.74, 6) is -0.00425. The smallest absolute Gasteiger partial charge is 0.260 e. The SMILES string of the molecule is CC(O)c1onc(-c2ccc(Cl)cc2)c1C(=O)N1CCc2ccccc2C1. The van der Waals surface area contributed by atoms with Crippen LogP contribution in [0.15, 0.2) is 53.1 Å². The zero-order chi connectivity index (χ0) is 19.0. The van der Waals surface area contributed by atoms with Crippen LogP contribution in [0.25, 0.3) is 11.3 Å². The molecule has 1 amide bonds. The highest BCUT2D eigenvalue weighted by molar-refractivity contribution is 6.30. The van der Waals surface area contributed by atoms with Gasteiger partial charge in [0.25, 0.3) is 5.91 Å². The minimum atomic E-state index is -0.936. The van der Waals surface area contributed by atoms with Crippen LogP contribution in [0.3, 0.4) is 0 Å². The van der Waals surface area contributed by atoms with Crippen molar-refractivity contribution in [2.45, 2.75) is 26.0 Å². The van der Waals surface area contributed by atoms with Crippen molar-refractivity contribution in [2.24, 2.45) is 0 Å². The maximum atomic E-state index is 13.3. The van der Waals surface area contributed by atoms with Crippen molar-refractivity contribution >= 4 is 17.5 Å². The molecule has 0 radical (unpaired) electrons. The molecule has 1 N–H and O–H groups in total. The van der Waals surface area contributed by atoms with Crippen LogP contribution < -0.4 is 0 Å². The Hall–Kier alpha value is -2.63. The maximum Gasteiger partial charge on any atom is 0.260 e. The van der Waals surface area contributed by atoms with E-state index >= 15 is 0 Å². The standard InChI is InChI=1S/C21H19ClN2O3/c1-13(25)20-18(19(23-27-20)15-6-8-17(22)9-7-15)21(26)24-11-10-14-4-2-3-5-16(14)12-24/h2-9,13,25H,10-12H2,1H3. The molecule has 4 rings (SSSR count). The molecule has 138 valence electrons. The van der Waals surface area contributed by atoms with Crippen molar-refractivity contribution in [2.75, 3.05) is 6.54 Å². The number of aliphatic hydroxyl groups is 1. The van der Waals surface area contributed by atoms with Crippen molar-refractivity contribution in [3.63, 3.8) is 0 Å². The lowest BCUT2D eigenvalue weighted by atomic mass is 9.98. The Morgan fingerprint density at radius 1 is 1.19 bits per heavy atom. The van der Waals surface area contributed by atoms with Gasteiger partial charge in [-0.05, 0) is 36.6 Å². The summed E-state index contributed by atoms with van der Waals surface area (Å²) in [6.45, 7) is 2.70. The number of carbonyl (C=O) groups is 1. The normalized spacial score (nSPS) is 14.7. The molecule has 2 heterocycles. The molecule has 1 aliphatic heterocycles. The van der Waals surface area contributed by atoms with Crippen LogP contribution in [0.4, 0.5) is 0 Å². The fourth-order valence-corrected chi connectivity index (χ4v) is 3.55. The number of aromatic nitrogens is 1. The zero-order valence-corrected chi connectivity index (χ0v) is 15.6.